The number of nitrogens with one attached hydrogen (secondary N) is 1. The molecule has 0 atom stereocenters. The zero-order valence-electron chi connectivity index (χ0n) is 12.1. The van der Waals surface area contributed by atoms with E-state index in [0.29, 0.717) is 19.0 Å². The van der Waals surface area contributed by atoms with E-state index in [1.807, 2.05) is 6.92 Å². The summed E-state index contributed by atoms with van der Waals surface area (Å²) in [6, 6.07) is 1.79. The molecule has 2 N–H and O–H groups in total. The third-order valence-corrected chi connectivity index (χ3v) is 3.37. The molecule has 0 radical (unpaired) electrons. The van der Waals surface area contributed by atoms with Crippen molar-refractivity contribution in [2.45, 2.75) is 33.1 Å². The second-order valence-electron chi connectivity index (χ2n) is 5.41. The maximum absolute atomic E-state index is 11.3. The summed E-state index contributed by atoms with van der Waals surface area (Å²) in [7, 11) is 0. The normalized spacial score (nSPS) is 14.3. The molecule has 0 aromatic carbocycles. The molecule has 1 heterocycles. The van der Waals surface area contributed by atoms with Crippen molar-refractivity contribution in [3.05, 3.63) is 22.9 Å². The molecule has 0 bridgehead atoms. The lowest BCUT2D eigenvalue weighted by Crippen LogP contribution is -2.13. The van der Waals surface area contributed by atoms with E-state index in [4.69, 9.17) is 4.74 Å². The predicted octanol–water partition coefficient (Wildman–Crippen LogP) is 2.63. The van der Waals surface area contributed by atoms with Crippen LogP contribution in [0.25, 0.3) is 0 Å². The number of hydrogen-bond acceptors (Lipinski definition) is 4. The van der Waals surface area contributed by atoms with E-state index in [2.05, 4.69) is 10.3 Å². The van der Waals surface area contributed by atoms with Gasteiger partial charge >= 0.3 is 5.97 Å². The van der Waals surface area contributed by atoms with E-state index >= 15 is 0 Å². The number of ether oxygens (including phenoxy) is 1. The minimum absolute atomic E-state index is 0.259. The molecule has 1 aromatic heterocycles. The van der Waals surface area contributed by atoms with Gasteiger partial charge in [0.1, 0.15) is 11.4 Å². The van der Waals surface area contributed by atoms with Crippen molar-refractivity contribution < 1.29 is 14.6 Å². The largest absolute Gasteiger partial charge is 0.478 e. The van der Waals surface area contributed by atoms with Gasteiger partial charge in [-0.25, -0.2) is 9.78 Å². The first-order valence-corrected chi connectivity index (χ1v) is 7.11. The molecule has 0 saturated heterocycles. The van der Waals surface area contributed by atoms with Crippen molar-refractivity contribution in [2.24, 2.45) is 5.92 Å². The molecule has 20 heavy (non-hydrogen) atoms. The molecule has 2 rings (SSSR count). The van der Waals surface area contributed by atoms with Crippen molar-refractivity contribution in [1.82, 2.24) is 4.98 Å². The van der Waals surface area contributed by atoms with Crippen LogP contribution in [0.4, 0.5) is 5.82 Å². The Bertz CT molecular complexity index is 484. The molecule has 5 nitrogen and oxygen atoms in total. The summed E-state index contributed by atoms with van der Waals surface area (Å²) in [6.45, 7) is 5.89. The average Bonchev–Trinajstić information content (AvgIpc) is 3.16. The highest BCUT2D eigenvalue weighted by Gasteiger charge is 2.20. The number of hydrogen-bond donors (Lipinski definition) is 2. The SMILES string of the molecule is Cc1cc(C)c(C(=O)O)c(NCCCOCC2CC2)n1. The van der Waals surface area contributed by atoms with Crippen LogP contribution in [0.15, 0.2) is 6.07 Å². The molecule has 1 aliphatic carbocycles. The summed E-state index contributed by atoms with van der Waals surface area (Å²) in [5.41, 5.74) is 1.81. The van der Waals surface area contributed by atoms with Gasteiger partial charge in [0.25, 0.3) is 0 Å². The van der Waals surface area contributed by atoms with Crippen molar-refractivity contribution in [2.75, 3.05) is 25.1 Å². The maximum atomic E-state index is 11.3. The van der Waals surface area contributed by atoms with E-state index in [1.165, 1.54) is 12.8 Å². The van der Waals surface area contributed by atoms with Gasteiger partial charge in [-0.15, -0.1) is 0 Å². The van der Waals surface area contributed by atoms with Crippen LogP contribution in [0.1, 0.15) is 40.9 Å². The third kappa shape index (κ3) is 4.20. The van der Waals surface area contributed by atoms with Crippen LogP contribution >= 0.6 is 0 Å². The van der Waals surface area contributed by atoms with Crippen LogP contribution in [0, 0.1) is 19.8 Å². The Kier molecular flexibility index (Phi) is 4.95. The first kappa shape index (κ1) is 14.8. The Labute approximate surface area is 119 Å². The van der Waals surface area contributed by atoms with Crippen molar-refractivity contribution >= 4 is 11.8 Å². The van der Waals surface area contributed by atoms with E-state index in [0.717, 1.165) is 30.2 Å². The Hall–Kier alpha value is -1.62. The molecular formula is C15H22N2O3. The van der Waals surface area contributed by atoms with Gasteiger partial charge in [0.2, 0.25) is 0 Å². The number of carboxylic acid groups (broad SMARTS) is 1. The highest BCUT2D eigenvalue weighted by atomic mass is 16.5. The first-order chi connectivity index (χ1) is 9.58. The van der Waals surface area contributed by atoms with E-state index in [-0.39, 0.29) is 5.56 Å². The fraction of sp³-hybridized carbons (Fsp3) is 0.600. The lowest BCUT2D eigenvalue weighted by atomic mass is 10.1. The maximum Gasteiger partial charge on any atom is 0.339 e. The van der Waals surface area contributed by atoms with Crippen LogP contribution in [0.3, 0.4) is 0 Å². The lowest BCUT2D eigenvalue weighted by molar-refractivity contribution is 0.0697. The van der Waals surface area contributed by atoms with Crippen LogP contribution in [-0.2, 0) is 4.74 Å². The topological polar surface area (TPSA) is 71.5 Å². The summed E-state index contributed by atoms with van der Waals surface area (Å²) < 4.78 is 5.54. The van der Waals surface area contributed by atoms with Gasteiger partial charge in [-0.2, -0.15) is 0 Å². The molecule has 1 fully saturated rings. The summed E-state index contributed by atoms with van der Waals surface area (Å²) in [4.78, 5) is 15.5. The monoisotopic (exact) mass is 278 g/mol. The number of carbonyl (C=O) groups is 1. The third-order valence-electron chi connectivity index (χ3n) is 3.37. The summed E-state index contributed by atoms with van der Waals surface area (Å²) in [5.74, 6) is 0.294. The molecule has 0 spiro atoms. The Morgan fingerprint density at radius 2 is 2.25 bits per heavy atom. The first-order valence-electron chi connectivity index (χ1n) is 7.11. The molecule has 0 amide bonds. The molecule has 1 aromatic rings. The van der Waals surface area contributed by atoms with E-state index in [1.54, 1.807) is 13.0 Å². The van der Waals surface area contributed by atoms with Gasteiger partial charge < -0.3 is 15.2 Å². The van der Waals surface area contributed by atoms with Gasteiger partial charge in [-0.1, -0.05) is 0 Å². The molecule has 0 unspecified atom stereocenters. The lowest BCUT2D eigenvalue weighted by Gasteiger charge is -2.12. The number of nitrogens with zero attached hydrogens (tertiary/aromatic N) is 1. The second-order valence-corrected chi connectivity index (χ2v) is 5.41. The minimum atomic E-state index is -0.942. The van der Waals surface area contributed by atoms with E-state index < -0.39 is 5.97 Å². The summed E-state index contributed by atoms with van der Waals surface area (Å²) in [6.07, 6.45) is 3.44. The average molecular weight is 278 g/mol. The number of aryl methyl sites for hydroxylation is 2. The van der Waals surface area contributed by atoms with Crippen LogP contribution < -0.4 is 5.32 Å². The molecule has 0 aliphatic heterocycles. The van der Waals surface area contributed by atoms with Gasteiger partial charge in [0.15, 0.2) is 0 Å². The van der Waals surface area contributed by atoms with Crippen molar-refractivity contribution in [3.8, 4) is 0 Å². The molecule has 5 heteroatoms. The zero-order chi connectivity index (χ0) is 14.5. The fourth-order valence-corrected chi connectivity index (χ4v) is 2.15. The standard InChI is InChI=1S/C15H22N2O3/c1-10-8-11(2)17-14(13(10)15(18)19)16-6-3-7-20-9-12-4-5-12/h8,12H,3-7,9H2,1-2H3,(H,16,17)(H,18,19). The van der Waals surface area contributed by atoms with Crippen molar-refractivity contribution in [1.29, 1.82) is 0 Å². The zero-order valence-corrected chi connectivity index (χ0v) is 12.1. The number of rotatable bonds is 8. The van der Waals surface area contributed by atoms with Gasteiger partial charge in [-0.05, 0) is 50.7 Å². The fourth-order valence-electron chi connectivity index (χ4n) is 2.15. The van der Waals surface area contributed by atoms with Gasteiger partial charge in [0.05, 0.1) is 0 Å². The molecule has 1 aliphatic rings. The highest BCUT2D eigenvalue weighted by molar-refractivity contribution is 5.94. The molecular weight excluding hydrogens is 256 g/mol. The number of pyridine rings is 1. The number of anilines is 1. The number of aromatic carboxylic acids is 1. The number of aromatic nitrogens is 1. The highest BCUT2D eigenvalue weighted by Crippen LogP contribution is 2.28. The Balaban J connectivity index is 1.82. The summed E-state index contributed by atoms with van der Waals surface area (Å²) in [5, 5.41) is 12.3. The Morgan fingerprint density at radius 3 is 2.90 bits per heavy atom. The van der Waals surface area contributed by atoms with Crippen LogP contribution in [0.5, 0.6) is 0 Å². The summed E-state index contributed by atoms with van der Waals surface area (Å²) >= 11 is 0. The van der Waals surface area contributed by atoms with E-state index in [9.17, 15) is 9.90 Å². The second kappa shape index (κ2) is 6.70. The molecule has 110 valence electrons. The molecule has 1 saturated carbocycles. The number of carboxylic acids is 1. The van der Waals surface area contributed by atoms with Crippen LogP contribution in [0.2, 0.25) is 0 Å². The Morgan fingerprint density at radius 1 is 1.50 bits per heavy atom. The minimum Gasteiger partial charge on any atom is -0.478 e. The van der Waals surface area contributed by atoms with Gasteiger partial charge in [0, 0.05) is 25.5 Å². The van der Waals surface area contributed by atoms with Crippen LogP contribution in [-0.4, -0.2) is 35.8 Å². The quantitative estimate of drug-likeness (QED) is 0.715. The van der Waals surface area contributed by atoms with Crippen molar-refractivity contribution in [3.63, 3.8) is 0 Å². The van der Waals surface area contributed by atoms with Gasteiger partial charge in [-0.3, -0.25) is 0 Å². The smallest absolute Gasteiger partial charge is 0.339 e. The predicted molar refractivity (Wildman–Crippen MR) is 77.3 cm³/mol.